The molecule has 3 amide bonds. The topological polar surface area (TPSA) is 88.2 Å². The number of carbonyl (C=O) groups excluding carboxylic acids is 3. The number of hydrogen-bond acceptors (Lipinski definition) is 6. The largest absolute Gasteiger partial charge is 0.489 e. The molecule has 5 rings (SSSR count). The van der Waals surface area contributed by atoms with Crippen molar-refractivity contribution in [1.29, 1.82) is 0 Å². The summed E-state index contributed by atoms with van der Waals surface area (Å²) in [5.41, 5.74) is -0.979. The molecule has 8 nitrogen and oxygen atoms in total. The average molecular weight is 461 g/mol. The van der Waals surface area contributed by atoms with Gasteiger partial charge in [-0.05, 0) is 29.6 Å². The molecular formula is C25H27N3O5. The molecule has 0 bridgehead atoms. The molecule has 3 aliphatic heterocycles. The Morgan fingerprint density at radius 3 is 2.67 bits per heavy atom. The highest BCUT2D eigenvalue weighted by Gasteiger charge is 2.40. The Hall–Kier alpha value is -3.23. The number of ether oxygens (including phenoxy) is 2. The summed E-state index contributed by atoms with van der Waals surface area (Å²) in [7, 11) is 0. The van der Waals surface area contributed by atoms with Gasteiger partial charge in [0, 0.05) is 45.3 Å². The Morgan fingerprint density at radius 2 is 1.88 bits per heavy atom. The lowest BCUT2D eigenvalue weighted by Crippen LogP contribution is -2.52. The highest BCUT2D eigenvalue weighted by atomic mass is 16.5. The van der Waals surface area contributed by atoms with E-state index in [4.69, 9.17) is 24.6 Å². The monoisotopic (exact) mass is 460 g/mol. The number of morpholine rings is 1. The Morgan fingerprint density at radius 1 is 1.12 bits per heavy atom. The molecule has 0 spiro atoms. The minimum atomic E-state index is -3.73. The van der Waals surface area contributed by atoms with E-state index in [-0.39, 0.29) is 16.0 Å². The van der Waals surface area contributed by atoms with E-state index < -0.39 is 72.9 Å². The van der Waals surface area contributed by atoms with Crippen LogP contribution >= 0.6 is 0 Å². The van der Waals surface area contributed by atoms with Gasteiger partial charge in [0.25, 0.3) is 5.91 Å². The van der Waals surface area contributed by atoms with Crippen LogP contribution in [0.3, 0.4) is 0 Å². The zero-order valence-electron chi connectivity index (χ0n) is 28.3. The molecule has 0 radical (unpaired) electrons. The van der Waals surface area contributed by atoms with Crippen molar-refractivity contribution in [2.45, 2.75) is 38.3 Å². The summed E-state index contributed by atoms with van der Waals surface area (Å²) in [6.07, 6.45) is -7.25. The maximum absolute atomic E-state index is 13.5. The van der Waals surface area contributed by atoms with Gasteiger partial charge in [-0.1, -0.05) is 30.3 Å². The van der Waals surface area contributed by atoms with E-state index >= 15 is 0 Å². The van der Waals surface area contributed by atoms with Crippen LogP contribution in [0.2, 0.25) is 0 Å². The molecule has 8 heteroatoms. The summed E-state index contributed by atoms with van der Waals surface area (Å²) in [5, 5.41) is 1.52. The van der Waals surface area contributed by atoms with Gasteiger partial charge in [-0.15, -0.1) is 0 Å². The first-order valence-corrected chi connectivity index (χ1v) is 10.2. The lowest BCUT2D eigenvalue weighted by Gasteiger charge is -2.29. The van der Waals surface area contributed by atoms with Crippen LogP contribution in [0.1, 0.15) is 54.9 Å². The predicted octanol–water partition coefficient (Wildman–Crippen LogP) is 1.86. The minimum Gasteiger partial charge on any atom is -0.489 e. The molecule has 1 N–H and O–H groups in total. The fraction of sp³-hybridized carbons (Fsp3) is 0.400. The number of rotatable bonds is 6. The quantitative estimate of drug-likeness (QED) is 0.662. The number of benzene rings is 2. The maximum atomic E-state index is 13.5. The molecule has 2 fully saturated rings. The van der Waals surface area contributed by atoms with Crippen molar-refractivity contribution >= 4 is 17.7 Å². The van der Waals surface area contributed by atoms with E-state index in [0.717, 1.165) is 12.1 Å². The normalized spacial score (nSPS) is 33.8. The third-order valence-corrected chi connectivity index (χ3v) is 5.11. The number of carbonyl (C=O) groups is 3. The van der Waals surface area contributed by atoms with Crippen LogP contribution in [-0.2, 0) is 33.9 Å². The number of nitrogens with one attached hydrogen (secondary N) is 1. The molecule has 2 aromatic rings. The number of imide groups is 1. The summed E-state index contributed by atoms with van der Waals surface area (Å²) in [6.45, 7) is -6.34. The predicted molar refractivity (Wildman–Crippen MR) is 119 cm³/mol. The average Bonchev–Trinajstić information content (AvgIpc) is 3.17. The van der Waals surface area contributed by atoms with Crippen molar-refractivity contribution in [3.8, 4) is 5.75 Å². The Balaban J connectivity index is 1.49. The van der Waals surface area contributed by atoms with Crippen molar-refractivity contribution in [3.05, 3.63) is 64.7 Å². The second-order valence-electron chi connectivity index (χ2n) is 7.31. The summed E-state index contributed by atoms with van der Waals surface area (Å²) in [5.74, 6) is -5.37. The lowest BCUT2D eigenvalue weighted by atomic mass is 10.0. The van der Waals surface area contributed by atoms with E-state index in [1.807, 2.05) is 0 Å². The van der Waals surface area contributed by atoms with Gasteiger partial charge in [-0.3, -0.25) is 24.6 Å². The SMILES string of the molecule is [2H]C([2H])(Oc1cccc2c1C([2H])([2H])N(C1([2H])C(=O)NC(=O)C([2H])([2H])C1([2H])[2H])C2=O)c1ccc(C([2H])([2H])N2CCOCC2)cc1. The van der Waals surface area contributed by atoms with Crippen LogP contribution in [0.5, 0.6) is 5.75 Å². The summed E-state index contributed by atoms with van der Waals surface area (Å²) in [6, 6.07) is 5.19. The zero-order valence-corrected chi connectivity index (χ0v) is 17.3. The van der Waals surface area contributed by atoms with Crippen LogP contribution < -0.4 is 10.1 Å². The van der Waals surface area contributed by atoms with Gasteiger partial charge in [-0.25, -0.2) is 0 Å². The van der Waals surface area contributed by atoms with E-state index in [2.05, 4.69) is 0 Å². The first kappa shape index (κ1) is 12.3. The molecule has 0 aliphatic carbocycles. The molecular weight excluding hydrogens is 422 g/mol. The van der Waals surface area contributed by atoms with Crippen molar-refractivity contribution in [3.63, 3.8) is 0 Å². The summed E-state index contributed by atoms with van der Waals surface area (Å²) < 4.78 is 104. The van der Waals surface area contributed by atoms with E-state index in [1.54, 1.807) is 4.90 Å². The summed E-state index contributed by atoms with van der Waals surface area (Å²) in [4.78, 5) is 40.0. The minimum absolute atomic E-state index is 0.0926. The van der Waals surface area contributed by atoms with Crippen LogP contribution in [-0.4, -0.2) is 59.8 Å². The van der Waals surface area contributed by atoms with Crippen molar-refractivity contribution in [2.75, 3.05) is 26.3 Å². The molecule has 0 aromatic heterocycles. The lowest BCUT2D eigenvalue weighted by molar-refractivity contribution is -0.136. The van der Waals surface area contributed by atoms with Gasteiger partial charge >= 0.3 is 0 Å². The standard InChI is InChI=1S/C25H27N3O5/c29-23-9-8-21(24(30)26-23)28-15-20-19(25(28)31)2-1-3-22(20)33-16-18-6-4-17(5-7-18)14-27-10-12-32-13-11-27/h1-7,21H,8-16H2,(H,26,29,30)/i8D2,9D2,14D2,15D2,16D2,21D. The zero-order chi connectivity index (χ0) is 32.7. The third-order valence-electron chi connectivity index (χ3n) is 5.11. The van der Waals surface area contributed by atoms with Gasteiger partial charge in [0.05, 0.1) is 26.6 Å². The van der Waals surface area contributed by atoms with E-state index in [0.29, 0.717) is 26.3 Å². The van der Waals surface area contributed by atoms with Crippen LogP contribution in [0.25, 0.3) is 0 Å². The molecule has 2 saturated heterocycles. The fourth-order valence-corrected chi connectivity index (χ4v) is 3.46. The second-order valence-corrected chi connectivity index (χ2v) is 7.31. The first-order chi connectivity index (χ1) is 20.2. The Kier molecular flexibility index (Phi) is 3.48. The summed E-state index contributed by atoms with van der Waals surface area (Å²) >= 11 is 0. The smallest absolute Gasteiger partial charge is 0.255 e. The van der Waals surface area contributed by atoms with Crippen LogP contribution in [0, 0.1) is 0 Å². The molecule has 33 heavy (non-hydrogen) atoms. The van der Waals surface area contributed by atoms with Crippen molar-refractivity contribution < 1.29 is 38.9 Å². The third kappa shape index (κ3) is 4.62. The highest BCUT2D eigenvalue weighted by Crippen LogP contribution is 2.34. The van der Waals surface area contributed by atoms with Gasteiger partial charge < -0.3 is 14.4 Å². The molecule has 3 aliphatic rings. The van der Waals surface area contributed by atoms with Crippen molar-refractivity contribution in [2.24, 2.45) is 0 Å². The number of hydrogen-bond donors (Lipinski definition) is 1. The van der Waals surface area contributed by atoms with Gasteiger partial charge in [0.1, 0.15) is 18.3 Å². The highest BCUT2D eigenvalue weighted by molar-refractivity contribution is 6.05. The molecule has 172 valence electrons. The Bertz CT molecular complexity index is 1530. The molecule has 3 heterocycles. The van der Waals surface area contributed by atoms with Crippen LogP contribution in [0.4, 0.5) is 0 Å². The molecule has 1 atom stereocenters. The molecule has 1 unspecified atom stereocenters. The molecule has 2 aromatic carbocycles. The van der Waals surface area contributed by atoms with E-state index in [9.17, 15) is 14.4 Å². The van der Waals surface area contributed by atoms with Gasteiger partial charge in [0.2, 0.25) is 11.8 Å². The van der Waals surface area contributed by atoms with Crippen LogP contribution in [0.15, 0.2) is 42.5 Å². The van der Waals surface area contributed by atoms with E-state index in [1.165, 1.54) is 35.6 Å². The maximum Gasteiger partial charge on any atom is 0.255 e. The number of amides is 3. The van der Waals surface area contributed by atoms with Gasteiger partial charge in [-0.2, -0.15) is 0 Å². The number of nitrogens with zero attached hydrogens (tertiary/aromatic N) is 2. The first-order valence-electron chi connectivity index (χ1n) is 15.7. The fourth-order valence-electron chi connectivity index (χ4n) is 3.46. The number of fused-ring (bicyclic) bond motifs is 1. The van der Waals surface area contributed by atoms with Gasteiger partial charge in [0.15, 0.2) is 0 Å². The second kappa shape index (κ2) is 9.33. The Labute approximate surface area is 207 Å². The number of piperidine rings is 1. The molecule has 0 saturated carbocycles. The van der Waals surface area contributed by atoms with Crippen molar-refractivity contribution in [1.82, 2.24) is 15.1 Å².